The first kappa shape index (κ1) is 23.1. The van der Waals surface area contributed by atoms with Crippen molar-refractivity contribution in [1.29, 1.82) is 0 Å². The number of nitrogens with zero attached hydrogens (tertiary/aromatic N) is 1. The highest BCUT2D eigenvalue weighted by atomic mass is 32.2. The van der Waals surface area contributed by atoms with Crippen LogP contribution in [-0.4, -0.2) is 33.3 Å². The van der Waals surface area contributed by atoms with Crippen LogP contribution >= 0.6 is 0 Å². The number of hydrogen-bond acceptors (Lipinski definition) is 5. The molecule has 2 aromatic carbocycles. The molecule has 0 aliphatic carbocycles. The first-order valence-electron chi connectivity index (χ1n) is 9.35. The molecule has 2 N–H and O–H groups in total. The highest BCUT2D eigenvalue weighted by molar-refractivity contribution is 7.89. The molecule has 1 aromatic heterocycles. The van der Waals surface area contributed by atoms with E-state index in [2.05, 4.69) is 10.0 Å². The second-order valence-electron chi connectivity index (χ2n) is 6.59. The minimum Gasteiger partial charge on any atom is -0.467 e. The lowest BCUT2D eigenvalue weighted by Crippen LogP contribution is -2.45. The van der Waals surface area contributed by atoms with Crippen molar-refractivity contribution in [3.8, 4) is 0 Å². The van der Waals surface area contributed by atoms with Gasteiger partial charge in [0.1, 0.15) is 23.9 Å². The highest BCUT2D eigenvalue weighted by Gasteiger charge is 2.22. The van der Waals surface area contributed by atoms with Gasteiger partial charge in [-0.25, -0.2) is 21.9 Å². The first-order valence-corrected chi connectivity index (χ1v) is 10.8. The van der Waals surface area contributed by atoms with Crippen molar-refractivity contribution in [3.05, 3.63) is 84.3 Å². The van der Waals surface area contributed by atoms with E-state index in [0.29, 0.717) is 5.76 Å². The molecule has 0 saturated carbocycles. The molecule has 32 heavy (non-hydrogen) atoms. The van der Waals surface area contributed by atoms with Crippen LogP contribution in [0.25, 0.3) is 0 Å². The highest BCUT2D eigenvalue weighted by Crippen LogP contribution is 2.16. The molecule has 0 fully saturated rings. The molecule has 0 radical (unpaired) electrons. The fraction of sp³-hybridized carbons (Fsp3) is 0.143. The lowest BCUT2D eigenvalue weighted by Gasteiger charge is -2.22. The van der Waals surface area contributed by atoms with E-state index >= 15 is 0 Å². The molecule has 168 valence electrons. The zero-order valence-electron chi connectivity index (χ0n) is 16.6. The number of amides is 2. The molecule has 0 spiro atoms. The molecule has 0 bridgehead atoms. The number of nitrogens with one attached hydrogen (secondary N) is 2. The van der Waals surface area contributed by atoms with Crippen molar-refractivity contribution < 1.29 is 31.2 Å². The van der Waals surface area contributed by atoms with Gasteiger partial charge in [-0.05, 0) is 54.6 Å². The third-order valence-electron chi connectivity index (χ3n) is 4.30. The van der Waals surface area contributed by atoms with Gasteiger partial charge in [-0.1, -0.05) is 6.07 Å². The fourth-order valence-corrected chi connectivity index (χ4v) is 3.69. The molecule has 2 amide bonds. The predicted molar refractivity (Wildman–Crippen MR) is 111 cm³/mol. The summed E-state index contributed by atoms with van der Waals surface area (Å²) in [6.45, 7) is -1.11. The normalized spacial score (nSPS) is 11.2. The third kappa shape index (κ3) is 6.22. The van der Waals surface area contributed by atoms with Gasteiger partial charge in [-0.3, -0.25) is 9.59 Å². The molecular weight excluding hydrogens is 444 g/mol. The SMILES string of the molecule is O=C(CN(C(=O)CNS(=O)(=O)c1ccc(F)cc1)c1cccc(F)c1)NCc1ccco1. The Morgan fingerprint density at radius 3 is 2.38 bits per heavy atom. The van der Waals surface area contributed by atoms with Crippen molar-refractivity contribution in [3.63, 3.8) is 0 Å². The van der Waals surface area contributed by atoms with Crippen molar-refractivity contribution in [2.45, 2.75) is 11.4 Å². The molecule has 1 heterocycles. The molecule has 3 aromatic rings. The average molecular weight is 463 g/mol. The predicted octanol–water partition coefficient (Wildman–Crippen LogP) is 2.19. The summed E-state index contributed by atoms with van der Waals surface area (Å²) in [7, 11) is -4.12. The third-order valence-corrected chi connectivity index (χ3v) is 5.72. The molecule has 0 aliphatic heterocycles. The number of halogens is 2. The number of hydrogen-bond donors (Lipinski definition) is 2. The smallest absolute Gasteiger partial charge is 0.242 e. The van der Waals surface area contributed by atoms with Crippen LogP contribution in [0, 0.1) is 11.6 Å². The first-order chi connectivity index (χ1) is 15.2. The van der Waals surface area contributed by atoms with E-state index in [9.17, 15) is 26.8 Å². The van der Waals surface area contributed by atoms with Crippen LogP contribution in [0.5, 0.6) is 0 Å². The zero-order valence-corrected chi connectivity index (χ0v) is 17.4. The number of anilines is 1. The van der Waals surface area contributed by atoms with Gasteiger partial charge in [0.15, 0.2) is 0 Å². The minimum absolute atomic E-state index is 0.0733. The van der Waals surface area contributed by atoms with E-state index in [1.54, 1.807) is 12.1 Å². The Labute approximate surface area is 182 Å². The van der Waals surface area contributed by atoms with E-state index in [-0.39, 0.29) is 17.1 Å². The van der Waals surface area contributed by atoms with Gasteiger partial charge in [0, 0.05) is 5.69 Å². The van der Waals surface area contributed by atoms with Crippen LogP contribution in [0.1, 0.15) is 5.76 Å². The van der Waals surface area contributed by atoms with Crippen LogP contribution in [0.2, 0.25) is 0 Å². The summed E-state index contributed by atoms with van der Waals surface area (Å²) in [5, 5.41) is 2.56. The maximum atomic E-state index is 13.7. The summed E-state index contributed by atoms with van der Waals surface area (Å²) >= 11 is 0. The number of benzene rings is 2. The van der Waals surface area contributed by atoms with Gasteiger partial charge in [0.25, 0.3) is 0 Å². The monoisotopic (exact) mass is 463 g/mol. The van der Waals surface area contributed by atoms with Crippen molar-refractivity contribution in [2.75, 3.05) is 18.0 Å². The van der Waals surface area contributed by atoms with Crippen LogP contribution in [-0.2, 0) is 26.2 Å². The van der Waals surface area contributed by atoms with Gasteiger partial charge in [-0.2, -0.15) is 0 Å². The lowest BCUT2D eigenvalue weighted by molar-refractivity contribution is -0.123. The van der Waals surface area contributed by atoms with E-state index < -0.39 is 46.6 Å². The summed E-state index contributed by atoms with van der Waals surface area (Å²) < 4.78 is 58.7. The Bertz CT molecular complexity index is 1180. The topological polar surface area (TPSA) is 109 Å². The maximum Gasteiger partial charge on any atom is 0.242 e. The number of sulfonamides is 1. The number of furan rings is 1. The quantitative estimate of drug-likeness (QED) is 0.506. The number of carbonyl (C=O) groups is 2. The maximum absolute atomic E-state index is 13.7. The van der Waals surface area contributed by atoms with Crippen LogP contribution in [0.3, 0.4) is 0 Å². The largest absolute Gasteiger partial charge is 0.467 e. The summed E-state index contributed by atoms with van der Waals surface area (Å²) in [6, 6.07) is 12.3. The van der Waals surface area contributed by atoms with E-state index in [1.165, 1.54) is 24.5 Å². The Morgan fingerprint density at radius 1 is 0.969 bits per heavy atom. The van der Waals surface area contributed by atoms with Gasteiger partial charge >= 0.3 is 0 Å². The van der Waals surface area contributed by atoms with E-state index in [4.69, 9.17) is 4.42 Å². The van der Waals surface area contributed by atoms with Crippen molar-refractivity contribution in [1.82, 2.24) is 10.0 Å². The van der Waals surface area contributed by atoms with Crippen LogP contribution in [0.4, 0.5) is 14.5 Å². The summed E-state index contributed by atoms with van der Waals surface area (Å²) in [5.74, 6) is -2.12. The summed E-state index contributed by atoms with van der Waals surface area (Å²) in [6.07, 6.45) is 1.44. The number of rotatable bonds is 9. The van der Waals surface area contributed by atoms with Gasteiger partial charge in [0.05, 0.1) is 24.2 Å². The average Bonchev–Trinajstić information content (AvgIpc) is 3.28. The standard InChI is InChI=1S/C21H19F2N3O5S/c22-15-6-8-19(9-7-15)32(29,30)25-13-21(28)26(17-4-1-3-16(23)11-17)14-20(27)24-12-18-5-2-10-31-18/h1-11,25H,12-14H2,(H,24,27). The van der Waals surface area contributed by atoms with Gasteiger partial charge in [-0.15, -0.1) is 0 Å². The fourth-order valence-electron chi connectivity index (χ4n) is 2.72. The number of carbonyl (C=O) groups excluding carboxylic acids is 2. The molecule has 8 nitrogen and oxygen atoms in total. The Balaban J connectivity index is 1.71. The second kappa shape index (κ2) is 10.2. The molecule has 11 heteroatoms. The zero-order chi connectivity index (χ0) is 23.1. The van der Waals surface area contributed by atoms with Crippen molar-refractivity contribution >= 4 is 27.5 Å². The Kier molecular flexibility index (Phi) is 7.33. The minimum atomic E-state index is -4.12. The van der Waals surface area contributed by atoms with Crippen LogP contribution < -0.4 is 14.9 Å². The van der Waals surface area contributed by atoms with E-state index in [0.717, 1.165) is 35.2 Å². The molecular formula is C21H19F2N3O5S. The van der Waals surface area contributed by atoms with Crippen LogP contribution in [0.15, 0.2) is 76.2 Å². The summed E-state index contributed by atoms with van der Waals surface area (Å²) in [5.41, 5.74) is 0.0733. The molecule has 0 saturated heterocycles. The van der Waals surface area contributed by atoms with Gasteiger partial charge < -0.3 is 14.6 Å². The Hall–Kier alpha value is -3.57. The lowest BCUT2D eigenvalue weighted by atomic mass is 10.2. The molecule has 0 unspecified atom stereocenters. The molecule has 3 rings (SSSR count). The summed E-state index contributed by atoms with van der Waals surface area (Å²) in [4.78, 5) is 25.8. The van der Waals surface area contributed by atoms with Crippen molar-refractivity contribution in [2.24, 2.45) is 0 Å². The van der Waals surface area contributed by atoms with Gasteiger partial charge in [0.2, 0.25) is 21.8 Å². The Morgan fingerprint density at radius 2 is 1.72 bits per heavy atom. The second-order valence-corrected chi connectivity index (χ2v) is 8.36. The van der Waals surface area contributed by atoms with E-state index in [1.807, 2.05) is 0 Å². The molecule has 0 aliphatic rings. The molecule has 0 atom stereocenters.